The number of carbonyl (C=O) groups is 1. The predicted molar refractivity (Wildman–Crippen MR) is 67.1 cm³/mol. The lowest BCUT2D eigenvalue weighted by molar-refractivity contribution is 0.0697. The molecule has 3 heteroatoms. The van der Waals surface area contributed by atoms with E-state index >= 15 is 0 Å². The highest BCUT2D eigenvalue weighted by atomic mass is 16.4. The van der Waals surface area contributed by atoms with E-state index in [1.807, 2.05) is 12.1 Å². The molecule has 1 saturated carbocycles. The molecule has 1 aromatic carbocycles. The first-order chi connectivity index (χ1) is 8.20. The Labute approximate surface area is 102 Å². The molecule has 1 aliphatic carbocycles. The summed E-state index contributed by atoms with van der Waals surface area (Å²) in [6.45, 7) is 4.18. The summed E-state index contributed by atoms with van der Waals surface area (Å²) in [5, 5.41) is 8.83. The summed E-state index contributed by atoms with van der Waals surface area (Å²) in [5.74, 6) is -0.858. The Morgan fingerprint density at radius 2 is 2.00 bits per heavy atom. The second kappa shape index (κ2) is 5.32. The van der Waals surface area contributed by atoms with Crippen LogP contribution in [0.2, 0.25) is 0 Å². The predicted octanol–water partition coefficient (Wildman–Crippen LogP) is 2.76. The number of carboxylic acids is 1. The molecule has 17 heavy (non-hydrogen) atoms. The van der Waals surface area contributed by atoms with Crippen molar-refractivity contribution in [2.45, 2.75) is 38.8 Å². The Morgan fingerprint density at radius 3 is 2.41 bits per heavy atom. The van der Waals surface area contributed by atoms with Crippen LogP contribution in [0.1, 0.15) is 42.1 Å². The van der Waals surface area contributed by atoms with Gasteiger partial charge in [-0.05, 0) is 37.1 Å². The molecule has 1 aromatic rings. The summed E-state index contributed by atoms with van der Waals surface area (Å²) in [6.07, 6.45) is 3.96. The monoisotopic (exact) mass is 233 g/mol. The van der Waals surface area contributed by atoms with Gasteiger partial charge in [0, 0.05) is 12.6 Å². The largest absolute Gasteiger partial charge is 0.478 e. The van der Waals surface area contributed by atoms with Crippen molar-refractivity contribution in [2.24, 2.45) is 0 Å². The molecule has 3 nitrogen and oxygen atoms in total. The van der Waals surface area contributed by atoms with E-state index < -0.39 is 5.97 Å². The molecule has 0 bridgehead atoms. The number of hydrogen-bond acceptors (Lipinski definition) is 2. The molecule has 0 spiro atoms. The fourth-order valence-electron chi connectivity index (χ4n) is 2.24. The Kier molecular flexibility index (Phi) is 3.79. The molecule has 0 radical (unpaired) electrons. The number of benzene rings is 1. The van der Waals surface area contributed by atoms with Gasteiger partial charge in [0.1, 0.15) is 0 Å². The zero-order valence-corrected chi connectivity index (χ0v) is 10.2. The highest BCUT2D eigenvalue weighted by Crippen LogP contribution is 2.25. The number of rotatable bonds is 5. The van der Waals surface area contributed by atoms with Gasteiger partial charge in [0.05, 0.1) is 5.56 Å². The van der Waals surface area contributed by atoms with Gasteiger partial charge >= 0.3 is 5.97 Å². The van der Waals surface area contributed by atoms with E-state index in [0.29, 0.717) is 5.56 Å². The van der Waals surface area contributed by atoms with Crippen molar-refractivity contribution >= 4 is 5.97 Å². The van der Waals surface area contributed by atoms with E-state index in [1.165, 1.54) is 24.8 Å². The maximum Gasteiger partial charge on any atom is 0.335 e. The maximum atomic E-state index is 10.7. The molecular formula is C14H19NO2. The third-order valence-electron chi connectivity index (χ3n) is 3.58. The van der Waals surface area contributed by atoms with Crippen LogP contribution < -0.4 is 0 Å². The van der Waals surface area contributed by atoms with Gasteiger partial charge in [0.15, 0.2) is 0 Å². The van der Waals surface area contributed by atoms with Gasteiger partial charge in [0.25, 0.3) is 0 Å². The number of hydrogen-bond donors (Lipinski definition) is 1. The summed E-state index contributed by atoms with van der Waals surface area (Å²) in [5.41, 5.74) is 1.56. The van der Waals surface area contributed by atoms with Crippen LogP contribution in [0.5, 0.6) is 0 Å². The van der Waals surface area contributed by atoms with Crippen LogP contribution >= 0.6 is 0 Å². The van der Waals surface area contributed by atoms with Gasteiger partial charge in [0.2, 0.25) is 0 Å². The van der Waals surface area contributed by atoms with Crippen LogP contribution in [0, 0.1) is 0 Å². The lowest BCUT2D eigenvalue weighted by Crippen LogP contribution is -2.39. The minimum atomic E-state index is -0.858. The molecule has 1 aliphatic rings. The smallest absolute Gasteiger partial charge is 0.335 e. The quantitative estimate of drug-likeness (QED) is 0.850. The lowest BCUT2D eigenvalue weighted by atomic mass is 9.91. The van der Waals surface area contributed by atoms with E-state index in [0.717, 1.165) is 19.1 Å². The van der Waals surface area contributed by atoms with Crippen LogP contribution in [0.25, 0.3) is 0 Å². The molecule has 92 valence electrons. The molecule has 0 unspecified atom stereocenters. The Morgan fingerprint density at radius 1 is 1.35 bits per heavy atom. The first-order valence-corrected chi connectivity index (χ1v) is 6.27. The zero-order valence-electron chi connectivity index (χ0n) is 10.2. The molecule has 0 heterocycles. The third kappa shape index (κ3) is 2.86. The maximum absolute atomic E-state index is 10.7. The van der Waals surface area contributed by atoms with Crippen molar-refractivity contribution in [3.8, 4) is 0 Å². The van der Waals surface area contributed by atoms with Crippen molar-refractivity contribution < 1.29 is 9.90 Å². The van der Waals surface area contributed by atoms with Crippen molar-refractivity contribution in [1.82, 2.24) is 4.90 Å². The highest BCUT2D eigenvalue weighted by Gasteiger charge is 2.23. The average molecular weight is 233 g/mol. The van der Waals surface area contributed by atoms with E-state index in [-0.39, 0.29) is 0 Å². The topological polar surface area (TPSA) is 40.5 Å². The molecule has 1 fully saturated rings. The second-order valence-corrected chi connectivity index (χ2v) is 4.65. The second-order valence-electron chi connectivity index (χ2n) is 4.65. The van der Waals surface area contributed by atoms with Crippen LogP contribution in [0.3, 0.4) is 0 Å². The van der Waals surface area contributed by atoms with Crippen molar-refractivity contribution in [3.63, 3.8) is 0 Å². The number of aromatic carboxylic acids is 1. The summed E-state index contributed by atoms with van der Waals surface area (Å²) in [4.78, 5) is 13.2. The zero-order chi connectivity index (χ0) is 12.3. The molecule has 0 aliphatic heterocycles. The summed E-state index contributed by atoms with van der Waals surface area (Å²) >= 11 is 0. The minimum absolute atomic E-state index is 0.362. The van der Waals surface area contributed by atoms with Crippen molar-refractivity contribution in [3.05, 3.63) is 35.4 Å². The number of nitrogens with zero attached hydrogens (tertiary/aromatic N) is 1. The fraction of sp³-hybridized carbons (Fsp3) is 0.500. The van der Waals surface area contributed by atoms with Gasteiger partial charge < -0.3 is 5.11 Å². The van der Waals surface area contributed by atoms with Crippen LogP contribution in [0.15, 0.2) is 24.3 Å². The Bertz CT molecular complexity index is 382. The van der Waals surface area contributed by atoms with Gasteiger partial charge in [-0.2, -0.15) is 0 Å². The number of carboxylic acid groups (broad SMARTS) is 1. The lowest BCUT2D eigenvalue weighted by Gasteiger charge is -2.37. The van der Waals surface area contributed by atoms with Gasteiger partial charge in [-0.25, -0.2) is 4.79 Å². The molecule has 2 rings (SSSR count). The first kappa shape index (κ1) is 12.1. The van der Waals surface area contributed by atoms with Gasteiger partial charge in [-0.3, -0.25) is 4.90 Å². The van der Waals surface area contributed by atoms with Gasteiger partial charge in [-0.15, -0.1) is 0 Å². The standard InChI is InChI=1S/C14H19NO2/c1-2-15(13-4-3-5-13)10-11-6-8-12(9-7-11)14(16)17/h6-9,13H,2-5,10H2,1H3,(H,16,17). The molecular weight excluding hydrogens is 214 g/mol. The summed E-state index contributed by atoms with van der Waals surface area (Å²) in [6, 6.07) is 7.95. The normalized spacial score (nSPS) is 15.9. The van der Waals surface area contributed by atoms with E-state index in [4.69, 9.17) is 5.11 Å². The highest BCUT2D eigenvalue weighted by molar-refractivity contribution is 5.87. The summed E-state index contributed by atoms with van der Waals surface area (Å²) < 4.78 is 0. The third-order valence-corrected chi connectivity index (χ3v) is 3.58. The van der Waals surface area contributed by atoms with Crippen LogP contribution in [0.4, 0.5) is 0 Å². The van der Waals surface area contributed by atoms with Gasteiger partial charge in [-0.1, -0.05) is 25.5 Å². The van der Waals surface area contributed by atoms with E-state index in [2.05, 4.69) is 11.8 Å². The molecule has 0 atom stereocenters. The molecule has 1 N–H and O–H groups in total. The van der Waals surface area contributed by atoms with Crippen molar-refractivity contribution in [2.75, 3.05) is 6.54 Å². The minimum Gasteiger partial charge on any atom is -0.478 e. The van der Waals surface area contributed by atoms with E-state index in [9.17, 15) is 4.79 Å². The Hall–Kier alpha value is -1.35. The van der Waals surface area contributed by atoms with Crippen LogP contribution in [-0.4, -0.2) is 28.6 Å². The Balaban J connectivity index is 1.99. The average Bonchev–Trinajstić information content (AvgIpc) is 2.26. The first-order valence-electron chi connectivity index (χ1n) is 6.27. The van der Waals surface area contributed by atoms with Crippen molar-refractivity contribution in [1.29, 1.82) is 0 Å². The molecule has 0 amide bonds. The molecule has 0 aromatic heterocycles. The van der Waals surface area contributed by atoms with Crippen LogP contribution in [-0.2, 0) is 6.54 Å². The summed E-state index contributed by atoms with van der Waals surface area (Å²) in [7, 11) is 0. The molecule has 0 saturated heterocycles. The fourth-order valence-corrected chi connectivity index (χ4v) is 2.24. The SMILES string of the molecule is CCN(Cc1ccc(C(=O)O)cc1)C1CCC1. The van der Waals surface area contributed by atoms with E-state index in [1.54, 1.807) is 12.1 Å².